The van der Waals surface area contributed by atoms with Gasteiger partial charge in [-0.1, -0.05) is 5.21 Å². The van der Waals surface area contributed by atoms with Gasteiger partial charge in [0.1, 0.15) is 24.0 Å². The number of rotatable bonds is 2. The van der Waals surface area contributed by atoms with Crippen LogP contribution < -0.4 is 0 Å². The predicted molar refractivity (Wildman–Crippen MR) is 78.5 cm³/mol. The van der Waals surface area contributed by atoms with Gasteiger partial charge in [-0.2, -0.15) is 26.3 Å². The van der Waals surface area contributed by atoms with Crippen LogP contribution in [0.15, 0.2) is 24.4 Å². The zero-order valence-electron chi connectivity index (χ0n) is 13.7. The Kier molecular flexibility index (Phi) is 5.12. The molecule has 0 bridgehead atoms. The van der Waals surface area contributed by atoms with Crippen LogP contribution in [0.2, 0.25) is 0 Å². The molecule has 1 aliphatic rings. The Labute approximate surface area is 152 Å². The molecule has 1 aromatic heterocycles. The van der Waals surface area contributed by atoms with E-state index in [0.29, 0.717) is 12.1 Å². The zero-order chi connectivity index (χ0) is 20.9. The number of aliphatic hydroxyl groups is 3. The molecule has 1 aromatic carbocycles. The summed E-state index contributed by atoms with van der Waals surface area (Å²) in [5.41, 5.74) is -3.87. The molecule has 3 rings (SSSR count). The van der Waals surface area contributed by atoms with E-state index in [0.717, 1.165) is 10.9 Å². The molecule has 7 nitrogen and oxygen atoms in total. The fraction of sp³-hybridized carbons (Fsp3) is 0.467. The van der Waals surface area contributed by atoms with Crippen molar-refractivity contribution in [3.63, 3.8) is 0 Å². The van der Waals surface area contributed by atoms with E-state index in [1.807, 2.05) is 0 Å². The summed E-state index contributed by atoms with van der Waals surface area (Å²) in [6, 6.07) is 0.959. The van der Waals surface area contributed by atoms with Crippen LogP contribution in [-0.2, 0) is 17.1 Å². The number of benzene rings is 1. The molecule has 13 heteroatoms. The summed E-state index contributed by atoms with van der Waals surface area (Å²) in [5.74, 6) is 0. The summed E-state index contributed by atoms with van der Waals surface area (Å²) >= 11 is 0. The number of hydrogen-bond donors (Lipinski definition) is 3. The lowest BCUT2D eigenvalue weighted by Crippen LogP contribution is -2.50. The van der Waals surface area contributed by atoms with E-state index in [9.17, 15) is 41.7 Å². The Bertz CT molecular complexity index is 821. The van der Waals surface area contributed by atoms with Gasteiger partial charge in [0.2, 0.25) is 0 Å². The number of aliphatic hydroxyl groups excluding tert-OH is 3. The maximum Gasteiger partial charge on any atom is 0.416 e. The van der Waals surface area contributed by atoms with Crippen molar-refractivity contribution in [1.82, 2.24) is 15.0 Å². The normalized spacial score (nSPS) is 26.5. The third kappa shape index (κ3) is 3.97. The van der Waals surface area contributed by atoms with Crippen molar-refractivity contribution >= 4 is 0 Å². The number of nitrogens with zero attached hydrogens (tertiary/aromatic N) is 3. The van der Waals surface area contributed by atoms with Crippen LogP contribution in [0.4, 0.5) is 26.3 Å². The largest absolute Gasteiger partial charge is 0.416 e. The first-order valence-corrected chi connectivity index (χ1v) is 7.75. The first kappa shape index (κ1) is 20.5. The lowest BCUT2D eigenvalue weighted by molar-refractivity contribution is -0.214. The second-order valence-corrected chi connectivity index (χ2v) is 6.15. The highest BCUT2D eigenvalue weighted by Gasteiger charge is 2.40. The molecule has 1 aliphatic heterocycles. The average molecular weight is 413 g/mol. The van der Waals surface area contributed by atoms with Crippen molar-refractivity contribution in [1.29, 1.82) is 0 Å². The molecule has 2 heterocycles. The van der Waals surface area contributed by atoms with E-state index in [1.165, 1.54) is 0 Å². The molecule has 2 aromatic rings. The Morgan fingerprint density at radius 2 is 1.50 bits per heavy atom. The maximum atomic E-state index is 13.0. The zero-order valence-corrected chi connectivity index (χ0v) is 13.7. The molecule has 3 N–H and O–H groups in total. The van der Waals surface area contributed by atoms with Crippen LogP contribution in [0, 0.1) is 0 Å². The molecule has 1 fully saturated rings. The van der Waals surface area contributed by atoms with Crippen molar-refractivity contribution in [3.05, 3.63) is 35.5 Å². The van der Waals surface area contributed by atoms with Crippen molar-refractivity contribution in [2.45, 2.75) is 36.9 Å². The number of alkyl halides is 6. The van der Waals surface area contributed by atoms with E-state index in [2.05, 4.69) is 10.3 Å². The van der Waals surface area contributed by atoms with Crippen LogP contribution >= 0.6 is 0 Å². The molecule has 0 aliphatic carbocycles. The quantitative estimate of drug-likeness (QED) is 0.647. The summed E-state index contributed by atoms with van der Waals surface area (Å²) in [6.07, 6.45) is -15.0. The standard InChI is InChI=1S/C15H13F6N3O4/c16-14(17,18)7-1-6(2-8(3-7)15(19,20)21)9-4-24(23-22-9)13-12(27)11(26)10(25)5-28-13/h1-4,10-13,25-27H,5H2. The summed E-state index contributed by atoms with van der Waals surface area (Å²) in [4.78, 5) is 0. The van der Waals surface area contributed by atoms with Crippen molar-refractivity contribution < 1.29 is 46.4 Å². The minimum atomic E-state index is -5.02. The lowest BCUT2D eigenvalue weighted by Gasteiger charge is -2.34. The number of halogens is 6. The van der Waals surface area contributed by atoms with E-state index in [4.69, 9.17) is 4.74 Å². The number of aromatic nitrogens is 3. The SMILES string of the molecule is OC1COC(n2cc(-c3cc(C(F)(F)F)cc(C(F)(F)F)c3)nn2)C(O)C1O. The smallest absolute Gasteiger partial charge is 0.388 e. The minimum absolute atomic E-state index is 0.0142. The van der Waals surface area contributed by atoms with Crippen LogP contribution in [-0.4, -0.2) is 55.2 Å². The van der Waals surface area contributed by atoms with Gasteiger partial charge >= 0.3 is 12.4 Å². The van der Waals surface area contributed by atoms with Gasteiger partial charge in [0.25, 0.3) is 0 Å². The summed E-state index contributed by atoms with van der Waals surface area (Å²) in [5, 5.41) is 36.1. The summed E-state index contributed by atoms with van der Waals surface area (Å²) in [6.45, 7) is -0.375. The van der Waals surface area contributed by atoms with Gasteiger partial charge in [-0.25, -0.2) is 4.68 Å². The lowest BCUT2D eigenvalue weighted by atomic mass is 10.0. The van der Waals surface area contributed by atoms with Gasteiger partial charge in [0.15, 0.2) is 6.23 Å². The van der Waals surface area contributed by atoms with Gasteiger partial charge in [0, 0.05) is 5.56 Å². The molecule has 28 heavy (non-hydrogen) atoms. The van der Waals surface area contributed by atoms with Gasteiger partial charge < -0.3 is 20.1 Å². The third-order valence-corrected chi connectivity index (χ3v) is 4.13. The van der Waals surface area contributed by atoms with Crippen LogP contribution in [0.25, 0.3) is 11.3 Å². The van der Waals surface area contributed by atoms with E-state index < -0.39 is 53.6 Å². The highest BCUT2D eigenvalue weighted by Crippen LogP contribution is 2.38. The molecule has 0 radical (unpaired) electrons. The first-order chi connectivity index (χ1) is 12.9. The van der Waals surface area contributed by atoms with Gasteiger partial charge in [-0.05, 0) is 18.2 Å². The predicted octanol–water partition coefficient (Wildman–Crippen LogP) is 1.59. The monoisotopic (exact) mass is 413 g/mol. The first-order valence-electron chi connectivity index (χ1n) is 7.75. The number of ether oxygens (including phenoxy) is 1. The molecule has 4 atom stereocenters. The van der Waals surface area contributed by atoms with Crippen molar-refractivity contribution in [2.75, 3.05) is 6.61 Å². The maximum absolute atomic E-state index is 13.0. The summed E-state index contributed by atoms with van der Waals surface area (Å²) in [7, 11) is 0. The number of hydrogen-bond acceptors (Lipinski definition) is 6. The Morgan fingerprint density at radius 1 is 0.929 bits per heavy atom. The topological polar surface area (TPSA) is 101 Å². The molecule has 0 spiro atoms. The Balaban J connectivity index is 1.99. The van der Waals surface area contributed by atoms with Gasteiger partial charge in [-0.3, -0.25) is 0 Å². The molecular weight excluding hydrogens is 400 g/mol. The van der Waals surface area contributed by atoms with Crippen molar-refractivity contribution in [3.8, 4) is 11.3 Å². The van der Waals surface area contributed by atoms with Crippen LogP contribution in [0.3, 0.4) is 0 Å². The highest BCUT2D eigenvalue weighted by molar-refractivity contribution is 5.61. The molecule has 0 saturated carbocycles. The Morgan fingerprint density at radius 3 is 2.04 bits per heavy atom. The van der Waals surface area contributed by atoms with E-state index >= 15 is 0 Å². The Hall–Kier alpha value is -2.22. The third-order valence-electron chi connectivity index (χ3n) is 4.13. The van der Waals surface area contributed by atoms with Gasteiger partial charge in [-0.15, -0.1) is 5.10 Å². The fourth-order valence-electron chi connectivity index (χ4n) is 2.66. The molecular formula is C15H13F6N3O4. The van der Waals surface area contributed by atoms with Gasteiger partial charge in [0.05, 0.1) is 23.9 Å². The van der Waals surface area contributed by atoms with Crippen LogP contribution in [0.5, 0.6) is 0 Å². The second kappa shape index (κ2) is 6.99. The molecule has 0 amide bonds. The molecule has 1 saturated heterocycles. The molecule has 154 valence electrons. The average Bonchev–Trinajstić information content (AvgIpc) is 3.08. The summed E-state index contributed by atoms with van der Waals surface area (Å²) < 4.78 is 83.7. The van der Waals surface area contributed by atoms with Crippen molar-refractivity contribution in [2.24, 2.45) is 0 Å². The van der Waals surface area contributed by atoms with Crippen LogP contribution in [0.1, 0.15) is 17.4 Å². The highest BCUT2D eigenvalue weighted by atomic mass is 19.4. The van der Waals surface area contributed by atoms with E-state index in [1.54, 1.807) is 0 Å². The van der Waals surface area contributed by atoms with E-state index in [-0.39, 0.29) is 18.4 Å². The minimum Gasteiger partial charge on any atom is -0.388 e. The fourth-order valence-corrected chi connectivity index (χ4v) is 2.66. The molecule has 4 unspecified atom stereocenters. The second-order valence-electron chi connectivity index (χ2n) is 6.15.